The summed E-state index contributed by atoms with van der Waals surface area (Å²) in [6.45, 7) is 0. The van der Waals surface area contributed by atoms with Crippen LogP contribution in [0.15, 0.2) is 168 Å². The molecule has 46 heavy (non-hydrogen) atoms. The summed E-state index contributed by atoms with van der Waals surface area (Å²) in [6, 6.07) is 56.5. The van der Waals surface area contributed by atoms with Gasteiger partial charge in [0.25, 0.3) is 0 Å². The van der Waals surface area contributed by atoms with Gasteiger partial charge in [-0.1, -0.05) is 121 Å². The molecule has 4 heteroatoms. The average Bonchev–Trinajstić information content (AvgIpc) is 3.52. The third kappa shape index (κ3) is 4.23. The maximum absolute atomic E-state index is 6.70. The molecule has 0 unspecified atom stereocenters. The topological polar surface area (TPSA) is 42.2 Å². The molecule has 9 rings (SSSR count). The first kappa shape index (κ1) is 26.2. The second-order valence-corrected chi connectivity index (χ2v) is 11.4. The molecule has 9 aromatic rings. The standard InChI is InChI=1S/C42H27N3O/c1-4-15-28(16-5-1)40-33-23-12-13-25-36(33)43-42(44-40)34-24-14-26-38-39(34)35-27-37(31-21-10-11-22-32(31)41(35)46-38)45(29-17-6-2-7-18-29)30-19-8-3-9-20-30/h1-27H. The van der Waals surface area contributed by atoms with E-state index in [4.69, 9.17) is 14.4 Å². The van der Waals surface area contributed by atoms with E-state index >= 15 is 0 Å². The van der Waals surface area contributed by atoms with Gasteiger partial charge in [-0.3, -0.25) is 0 Å². The van der Waals surface area contributed by atoms with Gasteiger partial charge in [0.1, 0.15) is 11.2 Å². The third-order valence-corrected chi connectivity index (χ3v) is 8.64. The first-order valence-corrected chi connectivity index (χ1v) is 15.4. The van der Waals surface area contributed by atoms with E-state index in [2.05, 4.69) is 126 Å². The van der Waals surface area contributed by atoms with Crippen molar-refractivity contribution in [3.63, 3.8) is 0 Å². The lowest BCUT2D eigenvalue weighted by atomic mass is 9.99. The zero-order valence-electron chi connectivity index (χ0n) is 24.8. The number of para-hydroxylation sites is 3. The minimum absolute atomic E-state index is 0.670. The van der Waals surface area contributed by atoms with Crippen molar-refractivity contribution in [2.45, 2.75) is 0 Å². The Morgan fingerprint density at radius 3 is 1.80 bits per heavy atom. The Hall–Kier alpha value is -6.26. The molecule has 0 aliphatic carbocycles. The van der Waals surface area contributed by atoms with Crippen molar-refractivity contribution in [3.05, 3.63) is 164 Å². The first-order valence-electron chi connectivity index (χ1n) is 15.4. The Kier molecular flexibility index (Phi) is 6.10. The van der Waals surface area contributed by atoms with Crippen LogP contribution in [0.25, 0.3) is 66.3 Å². The minimum Gasteiger partial charge on any atom is -0.455 e. The highest BCUT2D eigenvalue weighted by Crippen LogP contribution is 2.46. The fourth-order valence-electron chi connectivity index (χ4n) is 6.60. The number of aromatic nitrogens is 2. The van der Waals surface area contributed by atoms with Crippen molar-refractivity contribution >= 4 is 60.7 Å². The van der Waals surface area contributed by atoms with E-state index in [0.717, 1.165) is 77.5 Å². The number of anilines is 3. The SMILES string of the molecule is c1ccc(-c2nc(-c3cccc4oc5c6ccccc6c(N(c6ccccc6)c6ccccc6)cc5c34)nc3ccccc23)cc1. The Morgan fingerprint density at radius 1 is 0.478 bits per heavy atom. The molecule has 0 fully saturated rings. The van der Waals surface area contributed by atoms with Crippen LogP contribution in [-0.2, 0) is 0 Å². The highest BCUT2D eigenvalue weighted by atomic mass is 16.3. The molecule has 7 aromatic carbocycles. The lowest BCUT2D eigenvalue weighted by Gasteiger charge is -2.27. The molecule has 0 saturated heterocycles. The predicted molar refractivity (Wildman–Crippen MR) is 190 cm³/mol. The number of hydrogen-bond acceptors (Lipinski definition) is 4. The van der Waals surface area contributed by atoms with E-state index in [9.17, 15) is 0 Å². The molecule has 4 nitrogen and oxygen atoms in total. The highest BCUT2D eigenvalue weighted by Gasteiger charge is 2.22. The molecule has 0 aliphatic heterocycles. The summed E-state index contributed by atoms with van der Waals surface area (Å²) in [5.74, 6) is 0.670. The van der Waals surface area contributed by atoms with Crippen LogP contribution in [0, 0.1) is 0 Å². The molecule has 0 N–H and O–H groups in total. The van der Waals surface area contributed by atoms with E-state index in [1.54, 1.807) is 0 Å². The normalized spacial score (nSPS) is 11.5. The Balaban J connectivity index is 1.37. The fraction of sp³-hybridized carbons (Fsp3) is 0. The van der Waals surface area contributed by atoms with E-state index in [1.807, 2.05) is 42.5 Å². The maximum Gasteiger partial charge on any atom is 0.161 e. The molecule has 2 aromatic heterocycles. The van der Waals surface area contributed by atoms with E-state index in [-0.39, 0.29) is 0 Å². The van der Waals surface area contributed by atoms with Gasteiger partial charge >= 0.3 is 0 Å². The number of rotatable bonds is 5. The van der Waals surface area contributed by atoms with Gasteiger partial charge in [0, 0.05) is 49.4 Å². The summed E-state index contributed by atoms with van der Waals surface area (Å²) in [6.07, 6.45) is 0. The van der Waals surface area contributed by atoms with Crippen LogP contribution in [0.5, 0.6) is 0 Å². The van der Waals surface area contributed by atoms with Crippen molar-refractivity contribution in [1.82, 2.24) is 9.97 Å². The molecule has 0 atom stereocenters. The predicted octanol–water partition coefficient (Wildman–Crippen LogP) is 11.5. The number of furan rings is 1. The van der Waals surface area contributed by atoms with Crippen LogP contribution in [0.4, 0.5) is 17.1 Å². The van der Waals surface area contributed by atoms with Crippen LogP contribution in [0.1, 0.15) is 0 Å². The summed E-state index contributed by atoms with van der Waals surface area (Å²) < 4.78 is 6.70. The zero-order valence-corrected chi connectivity index (χ0v) is 24.8. The Morgan fingerprint density at radius 2 is 1.09 bits per heavy atom. The van der Waals surface area contributed by atoms with E-state index in [0.29, 0.717) is 5.82 Å². The molecule has 216 valence electrons. The number of fused-ring (bicyclic) bond motifs is 6. The van der Waals surface area contributed by atoms with Gasteiger partial charge in [-0.15, -0.1) is 0 Å². The lowest BCUT2D eigenvalue weighted by molar-refractivity contribution is 0.672. The molecular formula is C42H27N3O. The van der Waals surface area contributed by atoms with Gasteiger partial charge in [0.05, 0.1) is 16.9 Å². The fourth-order valence-corrected chi connectivity index (χ4v) is 6.60. The van der Waals surface area contributed by atoms with Gasteiger partial charge in [0.15, 0.2) is 5.82 Å². The monoisotopic (exact) mass is 589 g/mol. The Labute approximate surface area is 265 Å². The molecule has 0 radical (unpaired) electrons. The number of nitrogens with zero attached hydrogens (tertiary/aromatic N) is 3. The lowest BCUT2D eigenvalue weighted by Crippen LogP contribution is -2.10. The molecular weight excluding hydrogens is 562 g/mol. The summed E-state index contributed by atoms with van der Waals surface area (Å²) >= 11 is 0. The molecule has 0 bridgehead atoms. The van der Waals surface area contributed by atoms with Crippen LogP contribution < -0.4 is 4.90 Å². The third-order valence-electron chi connectivity index (χ3n) is 8.64. The molecule has 0 aliphatic rings. The van der Waals surface area contributed by atoms with E-state index < -0.39 is 0 Å². The average molecular weight is 590 g/mol. The molecule has 0 spiro atoms. The summed E-state index contributed by atoms with van der Waals surface area (Å²) in [5.41, 5.74) is 8.70. The largest absolute Gasteiger partial charge is 0.455 e. The van der Waals surface area contributed by atoms with Crippen LogP contribution >= 0.6 is 0 Å². The maximum atomic E-state index is 6.70. The van der Waals surface area contributed by atoms with Gasteiger partial charge in [-0.25, -0.2) is 9.97 Å². The van der Waals surface area contributed by atoms with Gasteiger partial charge in [-0.2, -0.15) is 0 Å². The van der Waals surface area contributed by atoms with Crippen molar-refractivity contribution in [3.8, 4) is 22.6 Å². The van der Waals surface area contributed by atoms with Gasteiger partial charge in [-0.05, 0) is 42.5 Å². The van der Waals surface area contributed by atoms with Crippen LogP contribution in [0.3, 0.4) is 0 Å². The summed E-state index contributed by atoms with van der Waals surface area (Å²) in [4.78, 5) is 12.7. The quantitative estimate of drug-likeness (QED) is 0.200. The molecule has 0 amide bonds. The summed E-state index contributed by atoms with van der Waals surface area (Å²) in [5, 5.41) is 5.21. The van der Waals surface area contributed by atoms with Crippen molar-refractivity contribution in [2.24, 2.45) is 0 Å². The number of hydrogen-bond donors (Lipinski definition) is 0. The van der Waals surface area contributed by atoms with Crippen molar-refractivity contribution in [2.75, 3.05) is 4.90 Å². The number of benzene rings is 7. The van der Waals surface area contributed by atoms with Gasteiger partial charge in [0.2, 0.25) is 0 Å². The molecule has 0 saturated carbocycles. The first-order chi connectivity index (χ1) is 22.8. The van der Waals surface area contributed by atoms with Crippen LogP contribution in [-0.4, -0.2) is 9.97 Å². The second kappa shape index (κ2) is 10.7. The smallest absolute Gasteiger partial charge is 0.161 e. The second-order valence-electron chi connectivity index (χ2n) is 11.4. The van der Waals surface area contributed by atoms with Crippen molar-refractivity contribution in [1.29, 1.82) is 0 Å². The van der Waals surface area contributed by atoms with Crippen LogP contribution in [0.2, 0.25) is 0 Å². The minimum atomic E-state index is 0.670. The zero-order chi connectivity index (χ0) is 30.5. The summed E-state index contributed by atoms with van der Waals surface area (Å²) in [7, 11) is 0. The molecule has 2 heterocycles. The van der Waals surface area contributed by atoms with E-state index in [1.165, 1.54) is 0 Å². The highest BCUT2D eigenvalue weighted by molar-refractivity contribution is 6.22. The van der Waals surface area contributed by atoms with Crippen molar-refractivity contribution < 1.29 is 4.42 Å². The Bertz CT molecular complexity index is 2480. The van der Waals surface area contributed by atoms with Gasteiger partial charge < -0.3 is 9.32 Å².